The van der Waals surface area contributed by atoms with Crippen LogP contribution >= 0.6 is 27.5 Å². The molecular formula is C16H15BrClNO3. The third-order valence-corrected chi connectivity index (χ3v) is 3.68. The molecule has 0 aromatic heterocycles. The second-order valence-electron chi connectivity index (χ2n) is 4.55. The number of benzene rings is 2. The van der Waals surface area contributed by atoms with Crippen LogP contribution < -0.4 is 14.8 Å². The lowest BCUT2D eigenvalue weighted by Crippen LogP contribution is -2.30. The fourth-order valence-electron chi connectivity index (χ4n) is 1.78. The standard InChI is InChI=1S/C16H15BrClNO3/c1-10(22-13-6-3-11(17)4-7-13)16(20)19-14-9-12(18)5-8-15(14)21-2/h3-10H,1-2H3,(H,19,20)/t10-/m0/s1. The summed E-state index contributed by atoms with van der Waals surface area (Å²) in [5.41, 5.74) is 0.506. The van der Waals surface area contributed by atoms with E-state index in [-0.39, 0.29) is 5.91 Å². The predicted molar refractivity (Wildman–Crippen MR) is 90.9 cm³/mol. The maximum atomic E-state index is 12.2. The highest BCUT2D eigenvalue weighted by Gasteiger charge is 2.17. The van der Waals surface area contributed by atoms with Gasteiger partial charge in [0.1, 0.15) is 11.5 Å². The minimum atomic E-state index is -0.662. The molecule has 0 saturated heterocycles. The zero-order valence-electron chi connectivity index (χ0n) is 12.1. The van der Waals surface area contributed by atoms with Crippen molar-refractivity contribution in [3.63, 3.8) is 0 Å². The third-order valence-electron chi connectivity index (χ3n) is 2.92. The summed E-state index contributed by atoms with van der Waals surface area (Å²) in [6.45, 7) is 1.68. The van der Waals surface area contributed by atoms with Gasteiger partial charge in [0.25, 0.3) is 5.91 Å². The third kappa shape index (κ3) is 4.39. The van der Waals surface area contributed by atoms with Crippen LogP contribution in [0.1, 0.15) is 6.92 Å². The zero-order chi connectivity index (χ0) is 16.1. The van der Waals surface area contributed by atoms with Crippen LogP contribution in [0.15, 0.2) is 46.9 Å². The van der Waals surface area contributed by atoms with Crippen molar-refractivity contribution in [1.29, 1.82) is 0 Å². The van der Waals surface area contributed by atoms with Gasteiger partial charge in [0.2, 0.25) is 0 Å². The Morgan fingerprint density at radius 2 is 1.91 bits per heavy atom. The Labute approximate surface area is 142 Å². The van der Waals surface area contributed by atoms with Gasteiger partial charge < -0.3 is 14.8 Å². The molecule has 0 saturated carbocycles. The van der Waals surface area contributed by atoms with E-state index in [1.165, 1.54) is 7.11 Å². The van der Waals surface area contributed by atoms with Crippen LogP contribution in [0.4, 0.5) is 5.69 Å². The predicted octanol–water partition coefficient (Wildman–Crippen LogP) is 4.52. The number of methoxy groups -OCH3 is 1. The Morgan fingerprint density at radius 1 is 1.23 bits per heavy atom. The molecule has 0 spiro atoms. The molecule has 0 aliphatic heterocycles. The van der Waals surface area contributed by atoms with Gasteiger partial charge in [-0.2, -0.15) is 0 Å². The highest BCUT2D eigenvalue weighted by molar-refractivity contribution is 9.10. The summed E-state index contributed by atoms with van der Waals surface area (Å²) in [5.74, 6) is 0.862. The molecule has 0 radical (unpaired) electrons. The van der Waals surface area contributed by atoms with E-state index in [9.17, 15) is 4.79 Å². The van der Waals surface area contributed by atoms with Crippen molar-refractivity contribution in [2.45, 2.75) is 13.0 Å². The van der Waals surface area contributed by atoms with E-state index in [0.717, 1.165) is 4.47 Å². The molecular weight excluding hydrogens is 370 g/mol. The minimum Gasteiger partial charge on any atom is -0.495 e. The van der Waals surface area contributed by atoms with Gasteiger partial charge in [-0.25, -0.2) is 0 Å². The van der Waals surface area contributed by atoms with E-state index in [4.69, 9.17) is 21.1 Å². The van der Waals surface area contributed by atoms with Crippen LogP contribution in [0.5, 0.6) is 11.5 Å². The summed E-state index contributed by atoms with van der Waals surface area (Å²) in [5, 5.41) is 3.26. The molecule has 6 heteroatoms. The van der Waals surface area contributed by atoms with Crippen molar-refractivity contribution >= 4 is 39.1 Å². The fourth-order valence-corrected chi connectivity index (χ4v) is 2.22. The van der Waals surface area contributed by atoms with Gasteiger partial charge in [0.05, 0.1) is 12.8 Å². The fraction of sp³-hybridized carbons (Fsp3) is 0.188. The van der Waals surface area contributed by atoms with Crippen molar-refractivity contribution in [2.24, 2.45) is 0 Å². The van der Waals surface area contributed by atoms with Crippen LogP contribution in [0.25, 0.3) is 0 Å². The summed E-state index contributed by atoms with van der Waals surface area (Å²) in [7, 11) is 1.53. The minimum absolute atomic E-state index is 0.288. The van der Waals surface area contributed by atoms with E-state index in [0.29, 0.717) is 22.2 Å². The Hall–Kier alpha value is -1.72. The van der Waals surface area contributed by atoms with Gasteiger partial charge >= 0.3 is 0 Å². The first-order valence-electron chi connectivity index (χ1n) is 6.56. The van der Waals surface area contributed by atoms with Gasteiger partial charge in [-0.15, -0.1) is 0 Å². The van der Waals surface area contributed by atoms with Gasteiger partial charge in [0, 0.05) is 9.50 Å². The Balaban J connectivity index is 2.05. The van der Waals surface area contributed by atoms with E-state index in [1.807, 2.05) is 12.1 Å². The quantitative estimate of drug-likeness (QED) is 0.824. The van der Waals surface area contributed by atoms with Crippen molar-refractivity contribution in [1.82, 2.24) is 0 Å². The SMILES string of the molecule is COc1ccc(Cl)cc1NC(=O)[C@H](C)Oc1ccc(Br)cc1. The summed E-state index contributed by atoms with van der Waals surface area (Å²) in [4.78, 5) is 12.2. The average Bonchev–Trinajstić information content (AvgIpc) is 2.49. The van der Waals surface area contributed by atoms with Gasteiger partial charge in [0.15, 0.2) is 6.10 Å². The summed E-state index contributed by atoms with van der Waals surface area (Å²) < 4.78 is 11.7. The number of anilines is 1. The highest BCUT2D eigenvalue weighted by atomic mass is 79.9. The van der Waals surface area contributed by atoms with Crippen LogP contribution in [0.3, 0.4) is 0 Å². The molecule has 2 aromatic rings. The molecule has 0 unspecified atom stereocenters. The molecule has 2 aromatic carbocycles. The van der Waals surface area contributed by atoms with Crippen LogP contribution in [-0.4, -0.2) is 19.1 Å². The van der Waals surface area contributed by atoms with Crippen LogP contribution in [0, 0.1) is 0 Å². The monoisotopic (exact) mass is 383 g/mol. The van der Waals surface area contributed by atoms with Crippen molar-refractivity contribution in [2.75, 3.05) is 12.4 Å². The van der Waals surface area contributed by atoms with Crippen LogP contribution in [-0.2, 0) is 4.79 Å². The van der Waals surface area contributed by atoms with E-state index < -0.39 is 6.10 Å². The smallest absolute Gasteiger partial charge is 0.265 e. The number of nitrogens with one attached hydrogen (secondary N) is 1. The Bertz CT molecular complexity index is 661. The van der Waals surface area contributed by atoms with E-state index in [2.05, 4.69) is 21.2 Å². The number of carbonyl (C=O) groups excluding carboxylic acids is 1. The van der Waals surface area contributed by atoms with Gasteiger partial charge in [-0.3, -0.25) is 4.79 Å². The average molecular weight is 385 g/mol. The topological polar surface area (TPSA) is 47.6 Å². The number of amides is 1. The molecule has 1 amide bonds. The molecule has 0 bridgehead atoms. The van der Waals surface area contributed by atoms with Gasteiger partial charge in [-0.05, 0) is 49.4 Å². The Morgan fingerprint density at radius 3 is 2.55 bits per heavy atom. The first kappa shape index (κ1) is 16.6. The highest BCUT2D eigenvalue weighted by Crippen LogP contribution is 2.28. The Kier molecular flexibility index (Phi) is 5.69. The zero-order valence-corrected chi connectivity index (χ0v) is 14.4. The first-order valence-corrected chi connectivity index (χ1v) is 7.73. The van der Waals surface area contributed by atoms with Crippen LogP contribution in [0.2, 0.25) is 5.02 Å². The maximum Gasteiger partial charge on any atom is 0.265 e. The molecule has 22 heavy (non-hydrogen) atoms. The summed E-state index contributed by atoms with van der Waals surface area (Å²) >= 11 is 9.29. The molecule has 0 aliphatic carbocycles. The van der Waals surface area contributed by atoms with E-state index >= 15 is 0 Å². The van der Waals surface area contributed by atoms with Crippen molar-refractivity contribution in [3.8, 4) is 11.5 Å². The van der Waals surface area contributed by atoms with Crippen molar-refractivity contribution in [3.05, 3.63) is 52.0 Å². The number of rotatable bonds is 5. The molecule has 116 valence electrons. The molecule has 0 aliphatic rings. The largest absolute Gasteiger partial charge is 0.495 e. The lowest BCUT2D eigenvalue weighted by molar-refractivity contribution is -0.122. The normalized spacial score (nSPS) is 11.6. The number of hydrogen-bond donors (Lipinski definition) is 1. The van der Waals surface area contributed by atoms with E-state index in [1.54, 1.807) is 37.3 Å². The molecule has 0 fully saturated rings. The molecule has 0 heterocycles. The summed E-state index contributed by atoms with van der Waals surface area (Å²) in [6.07, 6.45) is -0.662. The molecule has 1 atom stereocenters. The number of halogens is 2. The van der Waals surface area contributed by atoms with Gasteiger partial charge in [-0.1, -0.05) is 27.5 Å². The maximum absolute atomic E-state index is 12.2. The molecule has 1 N–H and O–H groups in total. The first-order chi connectivity index (χ1) is 10.5. The number of hydrogen-bond acceptors (Lipinski definition) is 3. The molecule has 2 rings (SSSR count). The second kappa shape index (κ2) is 7.51. The van der Waals surface area contributed by atoms with Crippen molar-refractivity contribution < 1.29 is 14.3 Å². The lowest BCUT2D eigenvalue weighted by Gasteiger charge is -2.16. The summed E-state index contributed by atoms with van der Waals surface area (Å²) in [6, 6.07) is 12.3. The number of carbonyl (C=O) groups is 1. The molecule has 4 nitrogen and oxygen atoms in total. The number of ether oxygens (including phenoxy) is 2. The second-order valence-corrected chi connectivity index (χ2v) is 5.90. The lowest BCUT2D eigenvalue weighted by atomic mass is 10.2.